The number of nitrogens with one attached hydrogen (secondary N) is 5. The SMILES string of the molecule is CC(C)N(C[C@H]1O[C@@H](n2cnc3c(NCCCCNC(=O)CCCCCCCNc4cccc5c4C(=O)N(C4CCC(=O)NC4=O)C5=O)ncnc32)C(O)C1O)C1CC(CCc2nc3cc(C(C)(C)C)ccc3[nH]2)C1. The molecule has 0 radical (unpaired) electrons. The van der Waals surface area contributed by atoms with E-state index in [0.717, 1.165) is 92.4 Å². The summed E-state index contributed by atoms with van der Waals surface area (Å²) in [7, 11) is 0. The molecule has 3 aliphatic heterocycles. The number of carbonyl (C=O) groups is 5. The number of hydrogen-bond acceptors (Lipinski definition) is 15. The fourth-order valence-corrected chi connectivity index (χ4v) is 11.1. The number of anilines is 2. The second-order valence-electron chi connectivity index (χ2n) is 22.2. The van der Waals surface area contributed by atoms with Gasteiger partial charge in [-0.1, -0.05) is 52.2 Å². The lowest BCUT2D eigenvalue weighted by Crippen LogP contribution is -2.54. The van der Waals surface area contributed by atoms with Crippen molar-refractivity contribution in [2.75, 3.05) is 36.8 Å². The Morgan fingerprint density at radius 2 is 1.67 bits per heavy atom. The highest BCUT2D eigenvalue weighted by molar-refractivity contribution is 6.25. The minimum Gasteiger partial charge on any atom is -0.387 e. The van der Waals surface area contributed by atoms with Crippen LogP contribution in [-0.4, -0.2) is 142 Å². The first kappa shape index (κ1) is 53.5. The zero-order valence-corrected chi connectivity index (χ0v) is 43.9. The molecule has 20 heteroatoms. The average Bonchev–Trinajstić information content (AvgIpc) is 4.13. The summed E-state index contributed by atoms with van der Waals surface area (Å²) >= 11 is 0. The Morgan fingerprint density at radius 3 is 2.45 bits per heavy atom. The van der Waals surface area contributed by atoms with Gasteiger partial charge in [-0.05, 0) is 106 Å². The number of nitrogens with zero attached hydrogens (tertiary/aromatic N) is 7. The van der Waals surface area contributed by atoms with Crippen molar-refractivity contribution >= 4 is 63.2 Å². The molecule has 0 spiro atoms. The smallest absolute Gasteiger partial charge is 0.264 e. The van der Waals surface area contributed by atoms with Crippen molar-refractivity contribution in [3.63, 3.8) is 0 Å². The Labute approximate surface area is 437 Å². The molecule has 5 aromatic rings. The molecule has 3 unspecified atom stereocenters. The van der Waals surface area contributed by atoms with Crippen molar-refractivity contribution in [2.45, 2.75) is 173 Å². The van der Waals surface area contributed by atoms with Gasteiger partial charge in [0.1, 0.15) is 36.5 Å². The topological polar surface area (TPSA) is 262 Å². The lowest BCUT2D eigenvalue weighted by Gasteiger charge is -2.46. The summed E-state index contributed by atoms with van der Waals surface area (Å²) in [6.45, 7) is 13.2. The van der Waals surface area contributed by atoms with Gasteiger partial charge in [-0.25, -0.2) is 19.9 Å². The molecule has 6 heterocycles. The number of H-pyrrole nitrogens is 1. The van der Waals surface area contributed by atoms with E-state index in [-0.39, 0.29) is 41.3 Å². The van der Waals surface area contributed by atoms with E-state index in [0.29, 0.717) is 67.2 Å². The molecule has 5 atom stereocenters. The van der Waals surface area contributed by atoms with Gasteiger partial charge in [-0.3, -0.25) is 43.7 Å². The number of benzene rings is 2. The number of aromatic nitrogens is 6. The highest BCUT2D eigenvalue weighted by Crippen LogP contribution is 2.39. The van der Waals surface area contributed by atoms with Gasteiger partial charge in [-0.15, -0.1) is 0 Å². The molecule has 1 aliphatic carbocycles. The van der Waals surface area contributed by atoms with Crippen LogP contribution in [0.3, 0.4) is 0 Å². The van der Waals surface area contributed by atoms with Crippen LogP contribution >= 0.6 is 0 Å². The summed E-state index contributed by atoms with van der Waals surface area (Å²) in [5, 5.41) is 34.5. The summed E-state index contributed by atoms with van der Waals surface area (Å²) in [6.07, 6.45) is 9.96. The number of rotatable bonds is 24. The maximum Gasteiger partial charge on any atom is 0.264 e. The van der Waals surface area contributed by atoms with Gasteiger partial charge in [0.05, 0.1) is 28.5 Å². The Balaban J connectivity index is 0.643. The summed E-state index contributed by atoms with van der Waals surface area (Å²) in [5.74, 6) is 0.0877. The van der Waals surface area contributed by atoms with Gasteiger partial charge in [0, 0.05) is 63.2 Å². The van der Waals surface area contributed by atoms with Crippen molar-refractivity contribution in [1.29, 1.82) is 0 Å². The second kappa shape index (κ2) is 23.3. The Bertz CT molecular complexity index is 2870. The minimum atomic E-state index is -1.18. The average molecular weight is 1030 g/mol. The summed E-state index contributed by atoms with van der Waals surface area (Å²) in [5.41, 5.74) is 5.52. The summed E-state index contributed by atoms with van der Waals surface area (Å²) in [6, 6.07) is 11.1. The molecule has 402 valence electrons. The maximum atomic E-state index is 13.3. The van der Waals surface area contributed by atoms with Gasteiger partial charge in [-0.2, -0.15) is 0 Å². The Morgan fingerprint density at radius 1 is 0.907 bits per heavy atom. The second-order valence-corrected chi connectivity index (χ2v) is 22.2. The predicted octanol–water partition coefficient (Wildman–Crippen LogP) is 5.90. The van der Waals surface area contributed by atoms with Crippen LogP contribution in [0.4, 0.5) is 11.5 Å². The molecule has 9 rings (SSSR count). The van der Waals surface area contributed by atoms with Crippen LogP contribution in [-0.2, 0) is 31.0 Å². The van der Waals surface area contributed by atoms with Gasteiger partial charge in [0.15, 0.2) is 23.2 Å². The molecule has 3 aromatic heterocycles. The summed E-state index contributed by atoms with van der Waals surface area (Å²) in [4.78, 5) is 88.4. The third kappa shape index (κ3) is 12.0. The van der Waals surface area contributed by atoms with Crippen LogP contribution in [0.25, 0.3) is 22.2 Å². The lowest BCUT2D eigenvalue weighted by molar-refractivity contribution is -0.136. The van der Waals surface area contributed by atoms with E-state index in [2.05, 4.69) is 98.9 Å². The number of carbonyl (C=O) groups excluding carboxylic acids is 5. The lowest BCUT2D eigenvalue weighted by atomic mass is 9.76. The molecule has 4 aliphatic rings. The molecular formula is C55H74N12O8. The zero-order valence-electron chi connectivity index (χ0n) is 43.9. The summed E-state index contributed by atoms with van der Waals surface area (Å²) < 4.78 is 8.11. The van der Waals surface area contributed by atoms with Gasteiger partial charge in [0.2, 0.25) is 17.7 Å². The molecule has 3 fully saturated rings. The van der Waals surface area contributed by atoms with Crippen molar-refractivity contribution < 1.29 is 38.9 Å². The first-order chi connectivity index (χ1) is 36.0. The van der Waals surface area contributed by atoms with Gasteiger partial charge >= 0.3 is 0 Å². The third-order valence-corrected chi connectivity index (χ3v) is 15.5. The number of amides is 5. The fraction of sp³-hybridized carbons (Fsp3) is 0.582. The largest absolute Gasteiger partial charge is 0.387 e. The Hall–Kier alpha value is -6.35. The first-order valence-corrected chi connectivity index (χ1v) is 27.1. The number of imide groups is 2. The number of piperidine rings is 1. The number of aryl methyl sites for hydroxylation is 1. The molecule has 5 amide bonds. The van der Waals surface area contributed by atoms with Crippen molar-refractivity contribution in [3.05, 3.63) is 71.6 Å². The van der Waals surface area contributed by atoms with Crippen LogP contribution in [0.2, 0.25) is 0 Å². The number of aliphatic hydroxyl groups excluding tert-OH is 2. The van der Waals surface area contributed by atoms with Crippen LogP contribution in [0.5, 0.6) is 0 Å². The van der Waals surface area contributed by atoms with E-state index in [1.54, 1.807) is 29.1 Å². The van der Waals surface area contributed by atoms with E-state index < -0.39 is 54.2 Å². The number of hydrogen-bond donors (Lipinski definition) is 7. The number of ether oxygens (including phenoxy) is 1. The van der Waals surface area contributed by atoms with Crippen LogP contribution in [0.1, 0.15) is 156 Å². The maximum absolute atomic E-state index is 13.3. The first-order valence-electron chi connectivity index (χ1n) is 27.1. The van der Waals surface area contributed by atoms with E-state index in [1.807, 2.05) is 0 Å². The van der Waals surface area contributed by atoms with Gasteiger partial charge < -0.3 is 35.9 Å². The normalized spacial score (nSPS) is 22.9. The minimum absolute atomic E-state index is 0.0225. The van der Waals surface area contributed by atoms with E-state index in [1.165, 1.54) is 11.9 Å². The molecule has 1 saturated carbocycles. The monoisotopic (exact) mass is 1030 g/mol. The molecule has 20 nitrogen and oxygen atoms in total. The quantitative estimate of drug-likeness (QED) is 0.0280. The number of imidazole rings is 2. The van der Waals surface area contributed by atoms with E-state index >= 15 is 0 Å². The highest BCUT2D eigenvalue weighted by Gasteiger charge is 2.48. The molecule has 2 saturated heterocycles. The predicted molar refractivity (Wildman–Crippen MR) is 283 cm³/mol. The molecule has 75 heavy (non-hydrogen) atoms. The molecular weight excluding hydrogens is 957 g/mol. The van der Waals surface area contributed by atoms with Crippen LogP contribution in [0.15, 0.2) is 49.1 Å². The van der Waals surface area contributed by atoms with E-state index in [4.69, 9.17) is 9.72 Å². The Kier molecular flexibility index (Phi) is 16.6. The fourth-order valence-electron chi connectivity index (χ4n) is 11.1. The number of fused-ring (bicyclic) bond motifs is 3. The standard InChI is InChI=1S/C55H74N12O8/c1-32(2)65(35-26-33(27-35)17-21-42-62-37-19-18-34(55(3,4)5)28-39(37)63-42)29-41-47(70)48(71)54(75-41)66-31-61-46-49(59-30-60-50(46)66)58-25-12-11-24-57-43(68)16-9-7-6-8-10-23-56-38-15-13-14-36-45(38)53(74)67(52(36)73)40-20-22-44(69)64-51(40)72/h13-15,18-19,28,30-33,35,40-41,47-48,54,56,70-71H,6-12,16-17,20-27,29H2,1-5H3,(H,57,68)(H,62,63)(H,58,59,60)(H,64,69,72)/t33?,35?,40?,41-,47?,48?,54-/m1/s1. The van der Waals surface area contributed by atoms with Crippen LogP contribution < -0.4 is 21.3 Å². The zero-order chi connectivity index (χ0) is 53.0. The van der Waals surface area contributed by atoms with Crippen molar-refractivity contribution in [1.82, 2.24) is 49.9 Å². The molecule has 7 N–H and O–H groups in total. The van der Waals surface area contributed by atoms with Crippen LogP contribution in [0, 0.1) is 5.92 Å². The van der Waals surface area contributed by atoms with E-state index in [9.17, 15) is 34.2 Å². The highest BCUT2D eigenvalue weighted by atomic mass is 16.6. The number of unbranched alkanes of at least 4 members (excludes halogenated alkanes) is 5. The number of aromatic amines is 1. The molecule has 2 aromatic carbocycles. The van der Waals surface area contributed by atoms with Crippen molar-refractivity contribution in [2.24, 2.45) is 5.92 Å². The van der Waals surface area contributed by atoms with Gasteiger partial charge in [0.25, 0.3) is 11.8 Å². The molecule has 0 bridgehead atoms. The van der Waals surface area contributed by atoms with Crippen molar-refractivity contribution in [3.8, 4) is 0 Å². The number of aliphatic hydroxyl groups is 2. The third-order valence-electron chi connectivity index (χ3n) is 15.5.